The van der Waals surface area contributed by atoms with Gasteiger partial charge in [0.15, 0.2) is 0 Å². The van der Waals surface area contributed by atoms with E-state index in [-0.39, 0.29) is 0 Å². The molecule has 0 radical (unpaired) electrons. The van der Waals surface area contributed by atoms with Crippen LogP contribution in [0.3, 0.4) is 0 Å². The van der Waals surface area contributed by atoms with E-state index >= 15 is 0 Å². The van der Waals surface area contributed by atoms with Crippen molar-refractivity contribution in [3.8, 4) is 0 Å². The van der Waals surface area contributed by atoms with Crippen LogP contribution in [0.5, 0.6) is 0 Å². The maximum Gasteiger partial charge on any atom is 0.0575 e. The molecule has 1 aliphatic rings. The summed E-state index contributed by atoms with van der Waals surface area (Å²) in [6, 6.07) is 0.575. The quantitative estimate of drug-likeness (QED) is 0.628. The van der Waals surface area contributed by atoms with Gasteiger partial charge in [0, 0.05) is 19.2 Å². The Hall–Kier alpha value is -0.120. The minimum atomic E-state index is 0.568. The largest absolute Gasteiger partial charge is 0.378 e. The Morgan fingerprint density at radius 1 is 1.35 bits per heavy atom. The molecule has 0 spiro atoms. The second-order valence-corrected chi connectivity index (χ2v) is 5.34. The molecule has 0 amide bonds. The number of nitrogens with one attached hydrogen (secondary N) is 1. The molecule has 0 aromatic rings. The lowest BCUT2D eigenvalue weighted by Gasteiger charge is -2.20. The summed E-state index contributed by atoms with van der Waals surface area (Å²) in [5.74, 6) is 0. The molecule has 0 bridgehead atoms. The molecule has 17 heavy (non-hydrogen) atoms. The third-order valence-corrected chi connectivity index (χ3v) is 3.60. The van der Waals surface area contributed by atoms with Crippen LogP contribution in [0.25, 0.3) is 0 Å². The SMILES string of the molecule is CCN(C)CC(C)NCCCOC1CCCC1. The second-order valence-electron chi connectivity index (χ2n) is 5.34. The summed E-state index contributed by atoms with van der Waals surface area (Å²) in [6.45, 7) is 8.70. The van der Waals surface area contributed by atoms with E-state index < -0.39 is 0 Å². The highest BCUT2D eigenvalue weighted by Gasteiger charge is 2.14. The fourth-order valence-electron chi connectivity index (χ4n) is 2.39. The van der Waals surface area contributed by atoms with Gasteiger partial charge in [0.05, 0.1) is 6.10 Å². The van der Waals surface area contributed by atoms with Crippen LogP contribution in [0.2, 0.25) is 0 Å². The van der Waals surface area contributed by atoms with Crippen LogP contribution in [0.4, 0.5) is 0 Å². The van der Waals surface area contributed by atoms with E-state index in [0.29, 0.717) is 12.1 Å². The molecule has 3 nitrogen and oxygen atoms in total. The average molecular weight is 242 g/mol. The van der Waals surface area contributed by atoms with Crippen molar-refractivity contribution in [2.24, 2.45) is 0 Å². The molecule has 0 saturated heterocycles. The van der Waals surface area contributed by atoms with Gasteiger partial charge >= 0.3 is 0 Å². The van der Waals surface area contributed by atoms with E-state index in [2.05, 4.69) is 31.1 Å². The van der Waals surface area contributed by atoms with Crippen molar-refractivity contribution in [2.75, 3.05) is 33.3 Å². The molecule has 0 aromatic heterocycles. The van der Waals surface area contributed by atoms with Gasteiger partial charge in [-0.1, -0.05) is 19.8 Å². The lowest BCUT2D eigenvalue weighted by molar-refractivity contribution is 0.0565. The Balaban J connectivity index is 1.89. The van der Waals surface area contributed by atoms with Gasteiger partial charge in [-0.15, -0.1) is 0 Å². The first-order valence-corrected chi connectivity index (χ1v) is 7.26. The van der Waals surface area contributed by atoms with Crippen molar-refractivity contribution in [3.63, 3.8) is 0 Å². The van der Waals surface area contributed by atoms with Crippen LogP contribution in [0.1, 0.15) is 46.0 Å². The van der Waals surface area contributed by atoms with Gasteiger partial charge in [0.25, 0.3) is 0 Å². The maximum atomic E-state index is 5.84. The van der Waals surface area contributed by atoms with Gasteiger partial charge in [-0.25, -0.2) is 0 Å². The third-order valence-electron chi connectivity index (χ3n) is 3.60. The van der Waals surface area contributed by atoms with Gasteiger partial charge in [0.1, 0.15) is 0 Å². The summed E-state index contributed by atoms with van der Waals surface area (Å²) in [7, 11) is 2.17. The van der Waals surface area contributed by atoms with Gasteiger partial charge in [0.2, 0.25) is 0 Å². The van der Waals surface area contributed by atoms with Gasteiger partial charge in [-0.05, 0) is 46.3 Å². The van der Waals surface area contributed by atoms with Crippen LogP contribution in [0.15, 0.2) is 0 Å². The van der Waals surface area contributed by atoms with Crippen molar-refractivity contribution in [1.29, 1.82) is 0 Å². The van der Waals surface area contributed by atoms with Crippen molar-refractivity contribution in [3.05, 3.63) is 0 Å². The summed E-state index contributed by atoms with van der Waals surface area (Å²) in [6.07, 6.45) is 7.00. The zero-order valence-corrected chi connectivity index (χ0v) is 11.9. The molecule has 0 aliphatic heterocycles. The number of hydrogen-bond acceptors (Lipinski definition) is 3. The minimum absolute atomic E-state index is 0.568. The zero-order chi connectivity index (χ0) is 12.5. The van der Waals surface area contributed by atoms with Crippen LogP contribution in [-0.4, -0.2) is 50.3 Å². The molecule has 1 unspecified atom stereocenters. The predicted octanol–water partition coefficient (Wildman–Crippen LogP) is 2.27. The normalized spacial score (nSPS) is 19.1. The molecular formula is C14H30N2O. The second kappa shape index (κ2) is 8.90. The summed E-state index contributed by atoms with van der Waals surface area (Å²) in [4.78, 5) is 2.34. The van der Waals surface area contributed by atoms with Crippen LogP contribution in [0, 0.1) is 0 Å². The zero-order valence-electron chi connectivity index (χ0n) is 11.9. The molecule has 1 fully saturated rings. The summed E-state index contributed by atoms with van der Waals surface area (Å²) in [5, 5.41) is 3.55. The summed E-state index contributed by atoms with van der Waals surface area (Å²) in [5.41, 5.74) is 0. The highest BCUT2D eigenvalue weighted by molar-refractivity contribution is 4.67. The number of nitrogens with zero attached hydrogens (tertiary/aromatic N) is 1. The Bertz CT molecular complexity index is 181. The summed E-state index contributed by atoms with van der Waals surface area (Å²) >= 11 is 0. The molecule has 1 atom stereocenters. The smallest absolute Gasteiger partial charge is 0.0575 e. The topological polar surface area (TPSA) is 24.5 Å². The minimum Gasteiger partial charge on any atom is -0.378 e. The van der Waals surface area contributed by atoms with Crippen LogP contribution >= 0.6 is 0 Å². The predicted molar refractivity (Wildman–Crippen MR) is 73.5 cm³/mol. The van der Waals surface area contributed by atoms with Crippen LogP contribution in [-0.2, 0) is 4.74 Å². The lowest BCUT2D eigenvalue weighted by Crippen LogP contribution is -2.38. The van der Waals surface area contributed by atoms with E-state index in [9.17, 15) is 0 Å². The van der Waals surface area contributed by atoms with Crippen LogP contribution < -0.4 is 5.32 Å². The number of ether oxygens (including phenoxy) is 1. The molecule has 3 heteroatoms. The highest BCUT2D eigenvalue weighted by Crippen LogP contribution is 2.20. The van der Waals surface area contributed by atoms with E-state index in [1.54, 1.807) is 0 Å². The van der Waals surface area contributed by atoms with Crippen molar-refractivity contribution in [2.45, 2.75) is 58.1 Å². The highest BCUT2D eigenvalue weighted by atomic mass is 16.5. The molecule has 1 aliphatic carbocycles. The Morgan fingerprint density at radius 2 is 2.06 bits per heavy atom. The summed E-state index contributed by atoms with van der Waals surface area (Å²) < 4.78 is 5.84. The molecule has 1 N–H and O–H groups in total. The molecular weight excluding hydrogens is 212 g/mol. The lowest BCUT2D eigenvalue weighted by atomic mass is 10.3. The van der Waals surface area contributed by atoms with Gasteiger partial charge in [-0.2, -0.15) is 0 Å². The van der Waals surface area contributed by atoms with Crippen molar-refractivity contribution >= 4 is 0 Å². The molecule has 0 aromatic carbocycles. The van der Waals surface area contributed by atoms with E-state index in [4.69, 9.17) is 4.74 Å². The number of hydrogen-bond donors (Lipinski definition) is 1. The average Bonchev–Trinajstić information content (AvgIpc) is 2.81. The fourth-order valence-corrected chi connectivity index (χ4v) is 2.39. The van der Waals surface area contributed by atoms with E-state index in [1.165, 1.54) is 25.7 Å². The first-order valence-electron chi connectivity index (χ1n) is 7.26. The van der Waals surface area contributed by atoms with E-state index in [0.717, 1.165) is 32.7 Å². The Morgan fingerprint density at radius 3 is 2.71 bits per heavy atom. The van der Waals surface area contributed by atoms with Gasteiger partial charge < -0.3 is 15.0 Å². The first-order chi connectivity index (χ1) is 8.22. The Kier molecular flexibility index (Phi) is 7.82. The molecule has 102 valence electrons. The molecule has 1 rings (SSSR count). The molecule has 0 heterocycles. The number of rotatable bonds is 9. The Labute approximate surface area is 107 Å². The van der Waals surface area contributed by atoms with Crippen molar-refractivity contribution < 1.29 is 4.74 Å². The van der Waals surface area contributed by atoms with Gasteiger partial charge in [-0.3, -0.25) is 0 Å². The first kappa shape index (κ1) is 14.9. The fraction of sp³-hybridized carbons (Fsp3) is 1.00. The third kappa shape index (κ3) is 7.02. The van der Waals surface area contributed by atoms with E-state index in [1.807, 2.05) is 0 Å². The number of likely N-dealkylation sites (N-methyl/N-ethyl adjacent to an activating group) is 1. The standard InChI is InChI=1S/C14H30N2O/c1-4-16(3)12-13(2)15-10-7-11-17-14-8-5-6-9-14/h13-15H,4-12H2,1-3H3. The van der Waals surface area contributed by atoms with Crippen molar-refractivity contribution in [1.82, 2.24) is 10.2 Å². The molecule has 1 saturated carbocycles. The monoisotopic (exact) mass is 242 g/mol. The maximum absolute atomic E-state index is 5.84.